The first-order valence-electron chi connectivity index (χ1n) is 7.27. The zero-order chi connectivity index (χ0) is 12.8. The van der Waals surface area contributed by atoms with E-state index in [1.165, 1.54) is 25.9 Å². The summed E-state index contributed by atoms with van der Waals surface area (Å²) in [4.78, 5) is 5.17. The number of piperidine rings is 2. The first-order valence-corrected chi connectivity index (χ1v) is 7.27. The number of likely N-dealkylation sites (tertiary alicyclic amines) is 2. The molecule has 0 bridgehead atoms. The van der Waals surface area contributed by atoms with Gasteiger partial charge in [-0.25, -0.2) is 0 Å². The fourth-order valence-corrected chi connectivity index (χ4v) is 4.25. The van der Waals surface area contributed by atoms with E-state index < -0.39 is 0 Å². The molecule has 0 radical (unpaired) electrons. The molecule has 17 heavy (non-hydrogen) atoms. The normalized spacial score (nSPS) is 49.8. The molecule has 4 unspecified atom stereocenters. The van der Waals surface area contributed by atoms with Gasteiger partial charge in [0.2, 0.25) is 0 Å². The van der Waals surface area contributed by atoms with Crippen LogP contribution in [0.25, 0.3) is 0 Å². The van der Waals surface area contributed by atoms with Crippen LogP contribution in [-0.2, 0) is 0 Å². The average molecular weight is 238 g/mol. The predicted molar refractivity (Wildman–Crippen MR) is 74.2 cm³/mol. The van der Waals surface area contributed by atoms with E-state index in [4.69, 9.17) is 0 Å². The Balaban J connectivity index is 2.22. The van der Waals surface area contributed by atoms with Gasteiger partial charge in [-0.1, -0.05) is 13.8 Å². The van der Waals surface area contributed by atoms with Gasteiger partial charge in [0.15, 0.2) is 0 Å². The predicted octanol–water partition coefficient (Wildman–Crippen LogP) is 2.69. The molecule has 2 fully saturated rings. The highest BCUT2D eigenvalue weighted by Crippen LogP contribution is 2.48. The van der Waals surface area contributed by atoms with Crippen LogP contribution in [0.4, 0.5) is 0 Å². The Hall–Kier alpha value is -0.0800. The molecule has 0 aromatic heterocycles. The van der Waals surface area contributed by atoms with Gasteiger partial charge in [0.05, 0.1) is 0 Å². The molecule has 0 aromatic carbocycles. The fourth-order valence-electron chi connectivity index (χ4n) is 4.25. The molecule has 0 amide bonds. The van der Waals surface area contributed by atoms with Crippen molar-refractivity contribution in [1.82, 2.24) is 9.80 Å². The molecule has 4 atom stereocenters. The first kappa shape index (κ1) is 13.4. The van der Waals surface area contributed by atoms with Crippen molar-refractivity contribution in [2.45, 2.75) is 52.6 Å². The van der Waals surface area contributed by atoms with Gasteiger partial charge in [0, 0.05) is 30.6 Å². The molecule has 2 aliphatic rings. The summed E-state index contributed by atoms with van der Waals surface area (Å²) in [6.45, 7) is 12.3. The molecular formula is C15H30N2. The SMILES string of the molecule is CC1CC(C)C2(CN1C)CN(C)C(C)CC2C. The van der Waals surface area contributed by atoms with E-state index >= 15 is 0 Å². The molecule has 0 N–H and O–H groups in total. The number of nitrogens with zero attached hydrogens (tertiary/aromatic N) is 2. The minimum atomic E-state index is 0.530. The number of hydrogen-bond donors (Lipinski definition) is 0. The maximum Gasteiger partial charge on any atom is 0.00668 e. The van der Waals surface area contributed by atoms with Crippen molar-refractivity contribution in [3.05, 3.63) is 0 Å². The number of rotatable bonds is 0. The van der Waals surface area contributed by atoms with Crippen LogP contribution in [-0.4, -0.2) is 49.1 Å². The van der Waals surface area contributed by atoms with Crippen LogP contribution in [0, 0.1) is 17.3 Å². The molecule has 0 aromatic rings. The lowest BCUT2D eigenvalue weighted by atomic mass is 9.60. The Kier molecular flexibility index (Phi) is 3.57. The summed E-state index contributed by atoms with van der Waals surface area (Å²) >= 11 is 0. The third kappa shape index (κ3) is 2.15. The summed E-state index contributed by atoms with van der Waals surface area (Å²) < 4.78 is 0. The van der Waals surface area contributed by atoms with Crippen molar-refractivity contribution >= 4 is 0 Å². The summed E-state index contributed by atoms with van der Waals surface area (Å²) in [7, 11) is 4.62. The summed E-state index contributed by atoms with van der Waals surface area (Å²) in [5, 5.41) is 0. The van der Waals surface area contributed by atoms with Crippen LogP contribution < -0.4 is 0 Å². The molecule has 1 spiro atoms. The quantitative estimate of drug-likeness (QED) is 0.640. The van der Waals surface area contributed by atoms with Gasteiger partial charge in [0.1, 0.15) is 0 Å². The van der Waals surface area contributed by atoms with Crippen LogP contribution in [0.5, 0.6) is 0 Å². The lowest BCUT2D eigenvalue weighted by Gasteiger charge is -2.57. The van der Waals surface area contributed by atoms with Crippen LogP contribution in [0.1, 0.15) is 40.5 Å². The maximum absolute atomic E-state index is 2.58. The minimum Gasteiger partial charge on any atom is -0.303 e. The Labute approximate surface area is 107 Å². The third-order valence-corrected chi connectivity index (χ3v) is 5.94. The standard InChI is InChI=1S/C15H30N2/c1-11-7-13(3)16(5)9-15(11)10-17(6)14(4)8-12(15)2/h11-14H,7-10H2,1-6H3. The molecule has 100 valence electrons. The highest BCUT2D eigenvalue weighted by atomic mass is 15.2. The van der Waals surface area contributed by atoms with E-state index in [1.807, 2.05) is 0 Å². The molecule has 0 saturated carbocycles. The maximum atomic E-state index is 2.58. The van der Waals surface area contributed by atoms with Crippen molar-refractivity contribution in [2.75, 3.05) is 27.2 Å². The van der Waals surface area contributed by atoms with E-state index in [1.54, 1.807) is 0 Å². The van der Waals surface area contributed by atoms with Gasteiger partial charge in [-0.05, 0) is 52.6 Å². The summed E-state index contributed by atoms with van der Waals surface area (Å²) in [5.41, 5.74) is 0.530. The molecular weight excluding hydrogens is 208 g/mol. The van der Waals surface area contributed by atoms with Gasteiger partial charge in [0.25, 0.3) is 0 Å². The molecule has 2 rings (SSSR count). The third-order valence-electron chi connectivity index (χ3n) is 5.94. The van der Waals surface area contributed by atoms with Crippen LogP contribution >= 0.6 is 0 Å². The lowest BCUT2D eigenvalue weighted by Crippen LogP contribution is -2.61. The first-order chi connectivity index (χ1) is 7.86. The second kappa shape index (κ2) is 4.55. The summed E-state index contributed by atoms with van der Waals surface area (Å²) in [6, 6.07) is 1.51. The molecule has 2 nitrogen and oxygen atoms in total. The van der Waals surface area contributed by atoms with E-state index in [0.29, 0.717) is 5.41 Å². The lowest BCUT2D eigenvalue weighted by molar-refractivity contribution is -0.0823. The second-order valence-corrected chi connectivity index (χ2v) is 7.03. The van der Waals surface area contributed by atoms with Gasteiger partial charge in [-0.15, -0.1) is 0 Å². The topological polar surface area (TPSA) is 6.48 Å². The molecule has 2 heterocycles. The molecule has 2 heteroatoms. The van der Waals surface area contributed by atoms with E-state index in [2.05, 4.69) is 51.6 Å². The molecule has 0 aliphatic carbocycles. The van der Waals surface area contributed by atoms with Crippen molar-refractivity contribution < 1.29 is 0 Å². The van der Waals surface area contributed by atoms with Crippen LogP contribution in [0.2, 0.25) is 0 Å². The van der Waals surface area contributed by atoms with Gasteiger partial charge in [-0.2, -0.15) is 0 Å². The highest BCUT2D eigenvalue weighted by molar-refractivity contribution is 5.01. The minimum absolute atomic E-state index is 0.530. The molecule has 2 aliphatic heterocycles. The Morgan fingerprint density at radius 1 is 0.765 bits per heavy atom. The van der Waals surface area contributed by atoms with E-state index in [9.17, 15) is 0 Å². The number of hydrogen-bond acceptors (Lipinski definition) is 2. The zero-order valence-corrected chi connectivity index (χ0v) is 12.5. The van der Waals surface area contributed by atoms with E-state index in [0.717, 1.165) is 23.9 Å². The van der Waals surface area contributed by atoms with Gasteiger partial charge >= 0.3 is 0 Å². The summed E-state index contributed by atoms with van der Waals surface area (Å²) in [5.74, 6) is 1.72. The Morgan fingerprint density at radius 3 is 1.47 bits per heavy atom. The van der Waals surface area contributed by atoms with Gasteiger partial charge < -0.3 is 9.80 Å². The zero-order valence-electron chi connectivity index (χ0n) is 12.5. The Morgan fingerprint density at radius 2 is 1.12 bits per heavy atom. The largest absolute Gasteiger partial charge is 0.303 e. The fraction of sp³-hybridized carbons (Fsp3) is 1.00. The smallest absolute Gasteiger partial charge is 0.00668 e. The summed E-state index contributed by atoms with van der Waals surface area (Å²) in [6.07, 6.45) is 2.73. The van der Waals surface area contributed by atoms with Crippen LogP contribution in [0.15, 0.2) is 0 Å². The van der Waals surface area contributed by atoms with Crippen molar-refractivity contribution in [3.8, 4) is 0 Å². The average Bonchev–Trinajstić information content (AvgIpc) is 2.23. The van der Waals surface area contributed by atoms with Crippen molar-refractivity contribution in [1.29, 1.82) is 0 Å². The molecule has 2 saturated heterocycles. The van der Waals surface area contributed by atoms with Crippen molar-refractivity contribution in [2.24, 2.45) is 17.3 Å². The second-order valence-electron chi connectivity index (χ2n) is 7.03. The van der Waals surface area contributed by atoms with Crippen LogP contribution in [0.3, 0.4) is 0 Å². The van der Waals surface area contributed by atoms with Gasteiger partial charge in [-0.3, -0.25) is 0 Å². The Bertz CT molecular complexity index is 248. The monoisotopic (exact) mass is 238 g/mol. The van der Waals surface area contributed by atoms with E-state index in [-0.39, 0.29) is 0 Å². The van der Waals surface area contributed by atoms with Crippen molar-refractivity contribution in [3.63, 3.8) is 0 Å². The highest BCUT2D eigenvalue weighted by Gasteiger charge is 2.49.